The van der Waals surface area contributed by atoms with Crippen LogP contribution in [-0.2, 0) is 0 Å². The van der Waals surface area contributed by atoms with E-state index < -0.39 is 0 Å². The average Bonchev–Trinajstić information content (AvgIpc) is 2.75. The average molecular weight is 213 g/mol. The van der Waals surface area contributed by atoms with Crippen molar-refractivity contribution in [3.05, 3.63) is 34.9 Å². The zero-order valence-electron chi connectivity index (χ0n) is 10.2. The van der Waals surface area contributed by atoms with E-state index in [0.717, 1.165) is 0 Å². The van der Waals surface area contributed by atoms with Crippen LogP contribution >= 0.6 is 0 Å². The summed E-state index contributed by atoms with van der Waals surface area (Å²) in [4.78, 5) is 0. The standard InChI is InChI=1S/C15H19N/c1-11-7-8-14(12(2)9-11)15(10-16)13-5-3-4-6-13/h7-9,13,15H,3-6H2,1-2H3. The molecule has 1 atom stereocenters. The molecule has 0 aromatic heterocycles. The minimum Gasteiger partial charge on any atom is -0.198 e. The minimum absolute atomic E-state index is 0.114. The van der Waals surface area contributed by atoms with E-state index in [2.05, 4.69) is 38.1 Å². The van der Waals surface area contributed by atoms with Crippen LogP contribution in [0.1, 0.15) is 48.3 Å². The molecule has 0 N–H and O–H groups in total. The zero-order valence-corrected chi connectivity index (χ0v) is 10.2. The Hall–Kier alpha value is -1.29. The van der Waals surface area contributed by atoms with Gasteiger partial charge in [-0.3, -0.25) is 0 Å². The van der Waals surface area contributed by atoms with E-state index in [1.807, 2.05) is 0 Å². The molecule has 1 aliphatic rings. The van der Waals surface area contributed by atoms with Gasteiger partial charge in [0, 0.05) is 0 Å². The first-order valence-corrected chi connectivity index (χ1v) is 6.19. The van der Waals surface area contributed by atoms with Gasteiger partial charge in [-0.05, 0) is 43.7 Å². The predicted octanol–water partition coefficient (Wildman–Crippen LogP) is 4.10. The largest absolute Gasteiger partial charge is 0.198 e. The van der Waals surface area contributed by atoms with Gasteiger partial charge >= 0.3 is 0 Å². The Morgan fingerprint density at radius 1 is 1.25 bits per heavy atom. The fourth-order valence-corrected chi connectivity index (χ4v) is 2.89. The maximum Gasteiger partial charge on any atom is 0.0743 e. The van der Waals surface area contributed by atoms with Crippen LogP contribution in [0.15, 0.2) is 18.2 Å². The fourth-order valence-electron chi connectivity index (χ4n) is 2.89. The number of rotatable bonds is 2. The summed E-state index contributed by atoms with van der Waals surface area (Å²) in [5, 5.41) is 9.38. The van der Waals surface area contributed by atoms with Gasteiger partial charge < -0.3 is 0 Å². The molecule has 1 heteroatoms. The van der Waals surface area contributed by atoms with Gasteiger partial charge in [-0.15, -0.1) is 0 Å². The van der Waals surface area contributed by atoms with Crippen molar-refractivity contribution in [2.45, 2.75) is 45.4 Å². The topological polar surface area (TPSA) is 23.8 Å². The molecule has 0 amide bonds. The van der Waals surface area contributed by atoms with E-state index in [1.54, 1.807) is 0 Å². The third-order valence-corrected chi connectivity index (χ3v) is 3.77. The maximum atomic E-state index is 9.38. The van der Waals surface area contributed by atoms with Crippen LogP contribution in [0.25, 0.3) is 0 Å². The van der Waals surface area contributed by atoms with E-state index in [-0.39, 0.29) is 5.92 Å². The first kappa shape index (κ1) is 11.2. The smallest absolute Gasteiger partial charge is 0.0743 e. The molecule has 1 aromatic carbocycles. The molecule has 1 aliphatic carbocycles. The highest BCUT2D eigenvalue weighted by Gasteiger charge is 2.27. The van der Waals surface area contributed by atoms with Crippen molar-refractivity contribution in [1.82, 2.24) is 0 Å². The molecule has 0 radical (unpaired) electrons. The highest BCUT2D eigenvalue weighted by atomic mass is 14.4. The molecule has 1 aromatic rings. The number of aryl methyl sites for hydroxylation is 2. The van der Waals surface area contributed by atoms with E-state index in [4.69, 9.17) is 0 Å². The quantitative estimate of drug-likeness (QED) is 0.725. The Kier molecular flexibility index (Phi) is 3.29. The van der Waals surface area contributed by atoms with Crippen LogP contribution < -0.4 is 0 Å². The van der Waals surface area contributed by atoms with Crippen molar-refractivity contribution in [2.24, 2.45) is 5.92 Å². The highest BCUT2D eigenvalue weighted by molar-refractivity contribution is 5.36. The molecule has 0 heterocycles. The molecule has 0 bridgehead atoms. The first-order chi connectivity index (χ1) is 7.72. The Labute approximate surface area is 98.1 Å². The van der Waals surface area contributed by atoms with Crippen LogP contribution in [0.5, 0.6) is 0 Å². The summed E-state index contributed by atoms with van der Waals surface area (Å²) in [6, 6.07) is 8.99. The third-order valence-electron chi connectivity index (χ3n) is 3.77. The number of hydrogen-bond acceptors (Lipinski definition) is 1. The normalized spacial score (nSPS) is 18.3. The lowest BCUT2D eigenvalue weighted by molar-refractivity contribution is 0.500. The van der Waals surface area contributed by atoms with Crippen molar-refractivity contribution in [1.29, 1.82) is 5.26 Å². The SMILES string of the molecule is Cc1ccc(C(C#N)C2CCCC2)c(C)c1. The summed E-state index contributed by atoms with van der Waals surface area (Å²) in [5.74, 6) is 0.703. The van der Waals surface area contributed by atoms with Gasteiger partial charge in [0.15, 0.2) is 0 Å². The Balaban J connectivity index is 2.30. The lowest BCUT2D eigenvalue weighted by Gasteiger charge is -2.19. The van der Waals surface area contributed by atoms with E-state index >= 15 is 0 Å². The van der Waals surface area contributed by atoms with Crippen LogP contribution in [0.3, 0.4) is 0 Å². The van der Waals surface area contributed by atoms with Crippen LogP contribution in [-0.4, -0.2) is 0 Å². The zero-order chi connectivity index (χ0) is 11.5. The Morgan fingerprint density at radius 2 is 1.94 bits per heavy atom. The number of hydrogen-bond donors (Lipinski definition) is 0. The van der Waals surface area contributed by atoms with Crippen molar-refractivity contribution in [3.8, 4) is 6.07 Å². The van der Waals surface area contributed by atoms with Gasteiger partial charge in [-0.1, -0.05) is 36.6 Å². The summed E-state index contributed by atoms with van der Waals surface area (Å²) in [5.41, 5.74) is 3.81. The molecule has 1 unspecified atom stereocenters. The van der Waals surface area contributed by atoms with Crippen LogP contribution in [0.4, 0.5) is 0 Å². The van der Waals surface area contributed by atoms with E-state index in [1.165, 1.54) is 42.4 Å². The molecule has 2 rings (SSSR count). The monoisotopic (exact) mass is 213 g/mol. The molecule has 1 nitrogen and oxygen atoms in total. The minimum atomic E-state index is 0.114. The predicted molar refractivity (Wildman–Crippen MR) is 66.2 cm³/mol. The Bertz CT molecular complexity index is 408. The van der Waals surface area contributed by atoms with Gasteiger partial charge in [0.05, 0.1) is 12.0 Å². The second-order valence-electron chi connectivity index (χ2n) is 5.01. The van der Waals surface area contributed by atoms with E-state index in [9.17, 15) is 5.26 Å². The summed E-state index contributed by atoms with van der Waals surface area (Å²) >= 11 is 0. The highest BCUT2D eigenvalue weighted by Crippen LogP contribution is 2.38. The van der Waals surface area contributed by atoms with Crippen molar-refractivity contribution in [2.75, 3.05) is 0 Å². The van der Waals surface area contributed by atoms with Gasteiger partial charge in [-0.25, -0.2) is 0 Å². The van der Waals surface area contributed by atoms with Gasteiger partial charge in [0.25, 0.3) is 0 Å². The van der Waals surface area contributed by atoms with Gasteiger partial charge in [0.2, 0.25) is 0 Å². The number of nitriles is 1. The van der Waals surface area contributed by atoms with Crippen LogP contribution in [0.2, 0.25) is 0 Å². The van der Waals surface area contributed by atoms with E-state index in [0.29, 0.717) is 5.92 Å². The third kappa shape index (κ3) is 2.11. The molecular weight excluding hydrogens is 194 g/mol. The lowest BCUT2D eigenvalue weighted by atomic mass is 9.83. The molecule has 0 saturated heterocycles. The molecule has 84 valence electrons. The molecule has 1 saturated carbocycles. The maximum absolute atomic E-state index is 9.38. The summed E-state index contributed by atoms with van der Waals surface area (Å²) in [7, 11) is 0. The van der Waals surface area contributed by atoms with Crippen molar-refractivity contribution in [3.63, 3.8) is 0 Å². The molecular formula is C15H19N. The second kappa shape index (κ2) is 4.70. The van der Waals surface area contributed by atoms with Crippen molar-refractivity contribution >= 4 is 0 Å². The fraction of sp³-hybridized carbons (Fsp3) is 0.533. The van der Waals surface area contributed by atoms with Crippen LogP contribution in [0, 0.1) is 31.1 Å². The molecule has 1 fully saturated rings. The molecule has 16 heavy (non-hydrogen) atoms. The number of nitrogens with zero attached hydrogens (tertiary/aromatic N) is 1. The van der Waals surface area contributed by atoms with Crippen molar-refractivity contribution < 1.29 is 0 Å². The summed E-state index contributed by atoms with van der Waals surface area (Å²) in [6.07, 6.45) is 5.05. The summed E-state index contributed by atoms with van der Waals surface area (Å²) < 4.78 is 0. The second-order valence-corrected chi connectivity index (χ2v) is 5.01. The Morgan fingerprint density at radius 3 is 2.50 bits per heavy atom. The lowest BCUT2D eigenvalue weighted by Crippen LogP contribution is -2.09. The first-order valence-electron chi connectivity index (χ1n) is 6.19. The molecule has 0 aliphatic heterocycles. The molecule has 0 spiro atoms. The van der Waals surface area contributed by atoms with Gasteiger partial charge in [0.1, 0.15) is 0 Å². The number of benzene rings is 1. The summed E-state index contributed by atoms with van der Waals surface area (Å²) in [6.45, 7) is 4.23. The van der Waals surface area contributed by atoms with Gasteiger partial charge in [-0.2, -0.15) is 5.26 Å².